The van der Waals surface area contributed by atoms with Crippen LogP contribution in [0.1, 0.15) is 18.4 Å². The fraction of sp³-hybridized carbons (Fsp3) is 0.167. The maximum absolute atomic E-state index is 9.35. The second-order valence-electron chi connectivity index (χ2n) is 3.64. The Kier molecular flexibility index (Phi) is 3.20. The van der Waals surface area contributed by atoms with E-state index in [1.807, 2.05) is 0 Å². The van der Waals surface area contributed by atoms with E-state index in [-0.39, 0.29) is 11.8 Å². The minimum absolute atomic E-state index is 0.157. The van der Waals surface area contributed by atoms with Crippen LogP contribution in [0.4, 0.5) is 0 Å². The van der Waals surface area contributed by atoms with Gasteiger partial charge in [0.05, 0.1) is 6.04 Å². The molecule has 0 radical (unpaired) electrons. The summed E-state index contributed by atoms with van der Waals surface area (Å²) >= 11 is 0. The molecule has 0 amide bonds. The first-order valence-corrected chi connectivity index (χ1v) is 5.20. The highest BCUT2D eigenvalue weighted by molar-refractivity contribution is 5.56. The molecule has 2 rings (SSSR count). The summed E-state index contributed by atoms with van der Waals surface area (Å²) in [6.07, 6.45) is 2.27. The van der Waals surface area contributed by atoms with Crippen LogP contribution in [0.25, 0.3) is 11.4 Å². The Morgan fingerprint density at radius 2 is 2.35 bits per heavy atom. The zero-order valence-electron chi connectivity index (χ0n) is 9.21. The molecule has 0 fully saturated rings. The van der Waals surface area contributed by atoms with Gasteiger partial charge in [-0.15, -0.1) is 6.58 Å². The van der Waals surface area contributed by atoms with E-state index in [1.54, 1.807) is 30.3 Å². The van der Waals surface area contributed by atoms with E-state index in [9.17, 15) is 5.11 Å². The average molecular weight is 231 g/mol. The average Bonchev–Trinajstić information content (AvgIpc) is 2.78. The number of benzene rings is 1. The summed E-state index contributed by atoms with van der Waals surface area (Å²) in [6.45, 7) is 3.60. The van der Waals surface area contributed by atoms with Gasteiger partial charge in [-0.25, -0.2) is 0 Å². The Labute approximate surface area is 98.6 Å². The van der Waals surface area contributed by atoms with E-state index >= 15 is 0 Å². The van der Waals surface area contributed by atoms with E-state index in [4.69, 9.17) is 10.3 Å². The van der Waals surface area contributed by atoms with Crippen molar-refractivity contribution >= 4 is 0 Å². The number of aromatic nitrogens is 2. The lowest BCUT2D eigenvalue weighted by Crippen LogP contribution is -2.09. The van der Waals surface area contributed by atoms with Crippen LogP contribution in [0.15, 0.2) is 41.4 Å². The fourth-order valence-corrected chi connectivity index (χ4v) is 1.43. The zero-order chi connectivity index (χ0) is 12.3. The number of nitrogens with zero attached hydrogens (tertiary/aromatic N) is 2. The predicted molar refractivity (Wildman–Crippen MR) is 63.1 cm³/mol. The maximum Gasteiger partial charge on any atom is 0.244 e. The zero-order valence-corrected chi connectivity index (χ0v) is 9.21. The molecule has 0 aliphatic rings. The number of aromatic hydroxyl groups is 1. The summed E-state index contributed by atoms with van der Waals surface area (Å²) < 4.78 is 5.06. The van der Waals surface area contributed by atoms with E-state index in [2.05, 4.69) is 16.7 Å². The summed E-state index contributed by atoms with van der Waals surface area (Å²) in [4.78, 5) is 4.18. The van der Waals surface area contributed by atoms with Gasteiger partial charge in [0.25, 0.3) is 0 Å². The third-order valence-electron chi connectivity index (χ3n) is 2.28. The Hall–Kier alpha value is -2.14. The topological polar surface area (TPSA) is 85.2 Å². The van der Waals surface area contributed by atoms with Crippen molar-refractivity contribution in [3.8, 4) is 17.1 Å². The smallest absolute Gasteiger partial charge is 0.244 e. The Balaban J connectivity index is 2.26. The lowest BCUT2D eigenvalue weighted by atomic mass is 10.2. The van der Waals surface area contributed by atoms with Crippen LogP contribution in [0.3, 0.4) is 0 Å². The Morgan fingerprint density at radius 1 is 1.53 bits per heavy atom. The summed E-state index contributed by atoms with van der Waals surface area (Å²) in [5.41, 5.74) is 6.50. The molecule has 17 heavy (non-hydrogen) atoms. The molecule has 1 atom stereocenters. The van der Waals surface area contributed by atoms with Crippen molar-refractivity contribution in [2.75, 3.05) is 0 Å². The maximum atomic E-state index is 9.35. The van der Waals surface area contributed by atoms with Gasteiger partial charge in [0.15, 0.2) is 0 Å². The predicted octanol–water partition coefficient (Wildman–Crippen LogP) is 2.02. The highest BCUT2D eigenvalue weighted by Gasteiger charge is 2.14. The van der Waals surface area contributed by atoms with Gasteiger partial charge in [0.2, 0.25) is 11.7 Å². The lowest BCUT2D eigenvalue weighted by molar-refractivity contribution is 0.356. The molecular formula is C12H13N3O2. The molecule has 1 heterocycles. The van der Waals surface area contributed by atoms with Crippen molar-refractivity contribution in [1.82, 2.24) is 10.1 Å². The number of phenolic OH excluding ortho intramolecular Hbond substituents is 1. The van der Waals surface area contributed by atoms with Gasteiger partial charge in [-0.3, -0.25) is 0 Å². The first-order valence-electron chi connectivity index (χ1n) is 5.20. The van der Waals surface area contributed by atoms with Crippen LogP contribution in [-0.2, 0) is 0 Å². The van der Waals surface area contributed by atoms with Crippen LogP contribution >= 0.6 is 0 Å². The lowest BCUT2D eigenvalue weighted by Gasteiger charge is -2.00. The molecule has 2 aromatic rings. The number of nitrogens with two attached hydrogens (primary N) is 1. The molecular weight excluding hydrogens is 218 g/mol. The number of hydrogen-bond acceptors (Lipinski definition) is 5. The summed E-state index contributed by atoms with van der Waals surface area (Å²) in [5.74, 6) is 0.933. The molecule has 0 aliphatic carbocycles. The van der Waals surface area contributed by atoms with Crippen LogP contribution in [-0.4, -0.2) is 15.2 Å². The van der Waals surface area contributed by atoms with Crippen molar-refractivity contribution in [3.63, 3.8) is 0 Å². The van der Waals surface area contributed by atoms with Crippen molar-refractivity contribution in [2.45, 2.75) is 12.5 Å². The summed E-state index contributed by atoms with van der Waals surface area (Å²) in [5, 5.41) is 13.2. The Morgan fingerprint density at radius 3 is 3.06 bits per heavy atom. The highest BCUT2D eigenvalue weighted by atomic mass is 16.5. The monoisotopic (exact) mass is 231 g/mol. The number of rotatable bonds is 4. The SMILES string of the molecule is C=CCC(N)c1nc(-c2cccc(O)c2)no1. The minimum atomic E-state index is -0.342. The van der Waals surface area contributed by atoms with Crippen molar-refractivity contribution < 1.29 is 9.63 Å². The van der Waals surface area contributed by atoms with Gasteiger partial charge in [0.1, 0.15) is 5.75 Å². The second kappa shape index (κ2) is 4.80. The van der Waals surface area contributed by atoms with Crippen LogP contribution in [0.5, 0.6) is 5.75 Å². The molecule has 1 aromatic carbocycles. The van der Waals surface area contributed by atoms with Crippen LogP contribution in [0, 0.1) is 0 Å². The van der Waals surface area contributed by atoms with E-state index in [1.165, 1.54) is 0 Å². The van der Waals surface area contributed by atoms with Crippen molar-refractivity contribution in [3.05, 3.63) is 42.8 Å². The first-order chi connectivity index (χ1) is 8.20. The number of phenols is 1. The van der Waals surface area contributed by atoms with Gasteiger partial charge >= 0.3 is 0 Å². The number of hydrogen-bond donors (Lipinski definition) is 2. The van der Waals surface area contributed by atoms with E-state index in [0.717, 1.165) is 0 Å². The largest absolute Gasteiger partial charge is 0.508 e. The molecule has 5 heteroatoms. The van der Waals surface area contributed by atoms with Gasteiger partial charge in [0, 0.05) is 5.56 Å². The molecule has 88 valence electrons. The standard InChI is InChI=1S/C12H13N3O2/c1-2-4-10(13)12-14-11(15-17-12)8-5-3-6-9(16)7-8/h2-3,5-7,10,16H,1,4,13H2. The van der Waals surface area contributed by atoms with Gasteiger partial charge < -0.3 is 15.4 Å². The fourth-order valence-electron chi connectivity index (χ4n) is 1.43. The molecule has 3 N–H and O–H groups in total. The van der Waals surface area contributed by atoms with Gasteiger partial charge in [-0.1, -0.05) is 23.4 Å². The van der Waals surface area contributed by atoms with Crippen LogP contribution in [0.2, 0.25) is 0 Å². The van der Waals surface area contributed by atoms with Crippen molar-refractivity contribution in [2.24, 2.45) is 5.73 Å². The third-order valence-corrected chi connectivity index (χ3v) is 2.28. The van der Waals surface area contributed by atoms with E-state index < -0.39 is 0 Å². The van der Waals surface area contributed by atoms with Crippen molar-refractivity contribution in [1.29, 1.82) is 0 Å². The van der Waals surface area contributed by atoms with Gasteiger partial charge in [-0.2, -0.15) is 4.98 Å². The quantitative estimate of drug-likeness (QED) is 0.786. The minimum Gasteiger partial charge on any atom is -0.508 e. The molecule has 0 saturated carbocycles. The van der Waals surface area contributed by atoms with Crippen LogP contribution < -0.4 is 5.73 Å². The normalized spacial score (nSPS) is 12.3. The summed E-state index contributed by atoms with van der Waals surface area (Å²) in [6, 6.07) is 6.30. The summed E-state index contributed by atoms with van der Waals surface area (Å²) in [7, 11) is 0. The molecule has 1 unspecified atom stereocenters. The Bertz CT molecular complexity index is 522. The molecule has 5 nitrogen and oxygen atoms in total. The van der Waals surface area contributed by atoms with E-state index in [0.29, 0.717) is 23.7 Å². The molecule has 0 saturated heterocycles. The molecule has 1 aromatic heterocycles. The molecule has 0 aliphatic heterocycles. The highest BCUT2D eigenvalue weighted by Crippen LogP contribution is 2.22. The molecule has 0 bridgehead atoms. The first kappa shape index (κ1) is 11.3. The third kappa shape index (κ3) is 2.51. The molecule has 0 spiro atoms. The van der Waals surface area contributed by atoms with Gasteiger partial charge in [-0.05, 0) is 18.6 Å². The second-order valence-corrected chi connectivity index (χ2v) is 3.64.